The van der Waals surface area contributed by atoms with Gasteiger partial charge in [0, 0.05) is 0 Å². The molecule has 0 N–H and O–H groups in total. The first-order valence-electron chi connectivity index (χ1n) is 10.4. The maximum atomic E-state index is 13.4. The second-order valence-corrected chi connectivity index (χ2v) is 9.32. The summed E-state index contributed by atoms with van der Waals surface area (Å²) in [6.07, 6.45) is -5.79. The number of morpholine rings is 1. The molecule has 0 unspecified atom stereocenters. The molecule has 0 aliphatic carbocycles. The Hall–Kier alpha value is -3.13. The molecule has 4 atom stereocenters. The Balaban J connectivity index is 1.72. The number of fused-ring (bicyclic) bond motifs is 5. The Kier molecular flexibility index (Phi) is 5.02. The molecule has 11 heteroatoms. The van der Waals surface area contributed by atoms with E-state index in [1.165, 1.54) is 11.0 Å². The molecule has 0 saturated carbocycles. The van der Waals surface area contributed by atoms with Gasteiger partial charge >= 0.3 is 12.3 Å². The van der Waals surface area contributed by atoms with Crippen LogP contribution in [0.15, 0.2) is 18.2 Å². The second kappa shape index (κ2) is 7.18. The molecule has 176 valence electrons. The van der Waals surface area contributed by atoms with Gasteiger partial charge in [-0.25, -0.2) is 9.69 Å². The number of likely N-dealkylation sites (tertiary alicyclic amines) is 1. The van der Waals surface area contributed by atoms with Gasteiger partial charge in [-0.15, -0.1) is 0 Å². The number of ether oxygens (including phenoxy) is 2. The molecule has 33 heavy (non-hydrogen) atoms. The van der Waals surface area contributed by atoms with Crippen LogP contribution < -0.4 is 4.90 Å². The van der Waals surface area contributed by atoms with Crippen molar-refractivity contribution in [3.05, 3.63) is 29.3 Å². The van der Waals surface area contributed by atoms with Gasteiger partial charge in [0.1, 0.15) is 0 Å². The predicted molar refractivity (Wildman–Crippen MR) is 107 cm³/mol. The van der Waals surface area contributed by atoms with Crippen LogP contribution in [-0.4, -0.2) is 53.2 Å². The number of hydrogen-bond acceptors (Lipinski definition) is 6. The quantitative estimate of drug-likeness (QED) is 0.623. The summed E-state index contributed by atoms with van der Waals surface area (Å²) in [6.45, 7) is 6.59. The highest BCUT2D eigenvalue weighted by molar-refractivity contribution is 6.23. The molecular formula is C22H22F3N3O5. The Labute approximate surface area is 187 Å². The summed E-state index contributed by atoms with van der Waals surface area (Å²) in [5.74, 6) is -3.38. The fourth-order valence-electron chi connectivity index (χ4n) is 5.30. The smallest absolute Gasteiger partial charge is 0.417 e. The molecule has 0 aromatic heterocycles. The largest absolute Gasteiger partial charge is 0.447 e. The zero-order valence-electron chi connectivity index (χ0n) is 18.4. The molecule has 3 aliphatic heterocycles. The lowest BCUT2D eigenvalue weighted by atomic mass is 9.79. The van der Waals surface area contributed by atoms with Crippen molar-refractivity contribution in [3.8, 4) is 6.07 Å². The number of nitrogens with zero attached hydrogens (tertiary/aromatic N) is 3. The van der Waals surface area contributed by atoms with Crippen molar-refractivity contribution >= 4 is 23.6 Å². The molecule has 8 nitrogen and oxygen atoms in total. The molecule has 3 heterocycles. The molecule has 1 aromatic carbocycles. The van der Waals surface area contributed by atoms with Crippen molar-refractivity contribution in [2.75, 3.05) is 18.0 Å². The molecule has 0 spiro atoms. The highest BCUT2D eigenvalue weighted by Gasteiger charge is 2.72. The lowest BCUT2D eigenvalue weighted by Gasteiger charge is -2.44. The van der Waals surface area contributed by atoms with Crippen molar-refractivity contribution in [2.24, 2.45) is 11.8 Å². The summed E-state index contributed by atoms with van der Waals surface area (Å²) in [4.78, 5) is 41.5. The van der Waals surface area contributed by atoms with E-state index in [0.717, 1.165) is 17.0 Å². The summed E-state index contributed by atoms with van der Waals surface area (Å²) in [5, 5.41) is 9.02. The van der Waals surface area contributed by atoms with E-state index in [0.29, 0.717) is 6.07 Å². The van der Waals surface area contributed by atoms with Crippen molar-refractivity contribution in [1.82, 2.24) is 4.90 Å². The average molecular weight is 465 g/mol. The third-order valence-electron chi connectivity index (χ3n) is 6.38. The molecule has 3 fully saturated rings. The van der Waals surface area contributed by atoms with Crippen LogP contribution in [0.3, 0.4) is 0 Å². The Morgan fingerprint density at radius 3 is 2.18 bits per heavy atom. The lowest BCUT2D eigenvalue weighted by molar-refractivity contribution is -0.165. The predicted octanol–water partition coefficient (Wildman–Crippen LogP) is 3.09. The maximum absolute atomic E-state index is 13.4. The van der Waals surface area contributed by atoms with Gasteiger partial charge in [-0.2, -0.15) is 18.4 Å². The standard InChI is InChI=1S/C22H22F3N3O5/c1-11(2)32-19(31)27-9-20(3)15-16(21(4,10-27)33-20)18(30)28(17(15)29)13-6-5-12(8-26)14(7-13)22(23,24)25/h5-7,11,15-16H,9-10H2,1-4H3/t15-,16+,20+,21-. The van der Waals surface area contributed by atoms with E-state index in [9.17, 15) is 27.6 Å². The summed E-state index contributed by atoms with van der Waals surface area (Å²) in [7, 11) is 0. The summed E-state index contributed by atoms with van der Waals surface area (Å²) in [5.41, 5.74) is -4.55. The molecule has 3 amide bonds. The Morgan fingerprint density at radius 2 is 1.73 bits per heavy atom. The number of carbonyl (C=O) groups is 3. The Bertz CT molecular complexity index is 1060. The first kappa shape index (κ1) is 23.0. The highest BCUT2D eigenvalue weighted by Crippen LogP contribution is 2.55. The van der Waals surface area contributed by atoms with Gasteiger partial charge in [0.2, 0.25) is 11.8 Å². The van der Waals surface area contributed by atoms with E-state index in [4.69, 9.17) is 14.7 Å². The van der Waals surface area contributed by atoms with Crippen molar-refractivity contribution in [2.45, 2.75) is 51.2 Å². The molecule has 0 radical (unpaired) electrons. The highest BCUT2D eigenvalue weighted by atomic mass is 19.4. The fourth-order valence-corrected chi connectivity index (χ4v) is 5.30. The van der Waals surface area contributed by atoms with Crippen LogP contribution in [0, 0.1) is 23.2 Å². The number of imide groups is 1. The number of amides is 3. The summed E-state index contributed by atoms with van der Waals surface area (Å²) >= 11 is 0. The van der Waals surface area contributed by atoms with E-state index in [-0.39, 0.29) is 24.9 Å². The number of hydrogen-bond donors (Lipinski definition) is 0. The number of rotatable bonds is 2. The summed E-state index contributed by atoms with van der Waals surface area (Å²) < 4.78 is 51.7. The monoisotopic (exact) mass is 465 g/mol. The van der Waals surface area contributed by atoms with E-state index in [2.05, 4.69) is 0 Å². The van der Waals surface area contributed by atoms with Crippen molar-refractivity contribution < 1.29 is 37.0 Å². The van der Waals surface area contributed by atoms with E-state index >= 15 is 0 Å². The van der Waals surface area contributed by atoms with Crippen molar-refractivity contribution in [3.63, 3.8) is 0 Å². The van der Waals surface area contributed by atoms with Crippen LogP contribution in [0.5, 0.6) is 0 Å². The number of nitriles is 1. The SMILES string of the molecule is CC(C)OC(=O)N1C[C@@]2(C)O[C@@](C)(C1)[C@H]1C(=O)N(c3ccc(C#N)c(C(F)(F)F)c3)C(=O)[C@H]12. The third-order valence-corrected chi connectivity index (χ3v) is 6.38. The van der Waals surface area contributed by atoms with Gasteiger partial charge in [0.15, 0.2) is 0 Å². The van der Waals surface area contributed by atoms with Crippen LogP contribution >= 0.6 is 0 Å². The fraction of sp³-hybridized carbons (Fsp3) is 0.545. The van der Waals surface area contributed by atoms with E-state index in [1.54, 1.807) is 27.7 Å². The third kappa shape index (κ3) is 3.44. The molecule has 2 bridgehead atoms. The maximum Gasteiger partial charge on any atom is 0.417 e. The number of halogens is 3. The minimum Gasteiger partial charge on any atom is -0.447 e. The first-order valence-corrected chi connectivity index (χ1v) is 10.4. The van der Waals surface area contributed by atoms with Gasteiger partial charge in [-0.1, -0.05) is 0 Å². The normalized spacial score (nSPS) is 31.1. The molecule has 4 rings (SSSR count). The minimum absolute atomic E-state index is 0.0106. The van der Waals surface area contributed by atoms with E-state index in [1.807, 2.05) is 0 Å². The zero-order chi connectivity index (χ0) is 24.5. The Morgan fingerprint density at radius 1 is 1.18 bits per heavy atom. The van der Waals surface area contributed by atoms with Crippen LogP contribution in [0.2, 0.25) is 0 Å². The molecular weight excluding hydrogens is 443 g/mol. The zero-order valence-corrected chi connectivity index (χ0v) is 18.4. The van der Waals surface area contributed by atoms with Crippen LogP contribution in [0.1, 0.15) is 38.8 Å². The molecule has 1 aromatic rings. The summed E-state index contributed by atoms with van der Waals surface area (Å²) in [6, 6.07) is 4.21. The molecule has 3 saturated heterocycles. The first-order chi connectivity index (χ1) is 15.2. The van der Waals surface area contributed by atoms with Gasteiger partial charge in [-0.3, -0.25) is 9.59 Å². The number of alkyl halides is 3. The second-order valence-electron chi connectivity index (χ2n) is 9.32. The van der Waals surface area contributed by atoms with Crippen LogP contribution in [0.4, 0.5) is 23.7 Å². The average Bonchev–Trinajstić information content (AvgIpc) is 3.06. The van der Waals surface area contributed by atoms with Gasteiger partial charge in [-0.05, 0) is 45.9 Å². The minimum atomic E-state index is -4.84. The number of benzene rings is 1. The van der Waals surface area contributed by atoms with Crippen molar-refractivity contribution in [1.29, 1.82) is 5.26 Å². The van der Waals surface area contributed by atoms with E-state index < -0.39 is 58.2 Å². The number of carbonyl (C=O) groups excluding carboxylic acids is 3. The van der Waals surface area contributed by atoms with Crippen LogP contribution in [0.25, 0.3) is 0 Å². The lowest BCUT2D eigenvalue weighted by Crippen LogP contribution is -2.59. The topological polar surface area (TPSA) is 99.9 Å². The van der Waals surface area contributed by atoms with Gasteiger partial charge in [0.05, 0.1) is 65.1 Å². The van der Waals surface area contributed by atoms with Gasteiger partial charge < -0.3 is 14.4 Å². The molecule has 3 aliphatic rings. The van der Waals surface area contributed by atoms with Crippen LogP contribution in [-0.2, 0) is 25.2 Å². The van der Waals surface area contributed by atoms with Gasteiger partial charge in [0.25, 0.3) is 0 Å². The number of anilines is 1.